The standard InChI is InChI=1S/C24H28N2O5/c1-4-15-31-19-11-7-17(8-12-19)22(28)20-21(16-5-9-18(27)10-6-16)26(14-13-25(2)3)24(30)23(20)29/h5-12,21,27-28H,4,13-15H2,1-3H3/p+1/t21-/m0/s1. The van der Waals surface area contributed by atoms with E-state index in [0.29, 0.717) is 36.6 Å². The number of hydrogen-bond donors (Lipinski definition) is 3. The van der Waals surface area contributed by atoms with Gasteiger partial charge in [0.25, 0.3) is 11.7 Å². The number of nitrogens with zero attached hydrogens (tertiary/aromatic N) is 1. The number of benzene rings is 2. The molecule has 0 aromatic heterocycles. The Kier molecular flexibility index (Phi) is 6.97. The fourth-order valence-corrected chi connectivity index (χ4v) is 3.54. The number of hydrogen-bond acceptors (Lipinski definition) is 5. The summed E-state index contributed by atoms with van der Waals surface area (Å²) in [6.07, 6.45) is 0.881. The summed E-state index contributed by atoms with van der Waals surface area (Å²) in [7, 11) is 3.93. The summed E-state index contributed by atoms with van der Waals surface area (Å²) < 4.78 is 5.57. The number of amides is 1. The van der Waals surface area contributed by atoms with Gasteiger partial charge in [-0.2, -0.15) is 0 Å². The zero-order valence-corrected chi connectivity index (χ0v) is 18.1. The van der Waals surface area contributed by atoms with Gasteiger partial charge in [-0.3, -0.25) is 9.59 Å². The number of phenolic OH excluding ortho intramolecular Hbond substituents is 1. The molecule has 7 nitrogen and oxygen atoms in total. The predicted octanol–water partition coefficient (Wildman–Crippen LogP) is 1.75. The molecule has 0 spiro atoms. The zero-order valence-electron chi connectivity index (χ0n) is 18.1. The second-order valence-corrected chi connectivity index (χ2v) is 7.91. The minimum absolute atomic E-state index is 0.0478. The predicted molar refractivity (Wildman–Crippen MR) is 117 cm³/mol. The summed E-state index contributed by atoms with van der Waals surface area (Å²) in [4.78, 5) is 28.4. The first-order valence-corrected chi connectivity index (χ1v) is 10.4. The third-order valence-corrected chi connectivity index (χ3v) is 5.20. The average molecular weight is 426 g/mol. The number of rotatable bonds is 8. The first-order chi connectivity index (χ1) is 14.8. The fourth-order valence-electron chi connectivity index (χ4n) is 3.54. The van der Waals surface area contributed by atoms with E-state index >= 15 is 0 Å². The van der Waals surface area contributed by atoms with Crippen molar-refractivity contribution in [1.29, 1.82) is 0 Å². The molecule has 1 saturated heterocycles. The quantitative estimate of drug-likeness (QED) is 0.341. The molecule has 1 aliphatic rings. The van der Waals surface area contributed by atoms with Gasteiger partial charge in [0.2, 0.25) is 0 Å². The molecular formula is C24H29N2O5+. The van der Waals surface area contributed by atoms with E-state index in [4.69, 9.17) is 4.74 Å². The molecule has 0 bridgehead atoms. The molecule has 0 saturated carbocycles. The SMILES string of the molecule is CCCOc1ccc(C(O)=C2C(=O)C(=O)N(CC[NH+](C)C)[C@H]2c2ccc(O)cc2)cc1. The van der Waals surface area contributed by atoms with Crippen LogP contribution in [0.5, 0.6) is 11.5 Å². The number of aliphatic hydroxyl groups is 1. The molecule has 3 N–H and O–H groups in total. The number of Topliss-reactive ketones (excluding diaryl/α,β-unsaturated/α-hetero) is 1. The Balaban J connectivity index is 2.04. The monoisotopic (exact) mass is 425 g/mol. The summed E-state index contributed by atoms with van der Waals surface area (Å²) >= 11 is 0. The second-order valence-electron chi connectivity index (χ2n) is 7.91. The van der Waals surface area contributed by atoms with Gasteiger partial charge in [0, 0.05) is 5.56 Å². The summed E-state index contributed by atoms with van der Waals surface area (Å²) in [6.45, 7) is 3.61. The highest BCUT2D eigenvalue weighted by molar-refractivity contribution is 6.46. The van der Waals surface area contributed by atoms with Crippen molar-refractivity contribution in [2.45, 2.75) is 19.4 Å². The van der Waals surface area contributed by atoms with E-state index in [9.17, 15) is 19.8 Å². The van der Waals surface area contributed by atoms with Gasteiger partial charge >= 0.3 is 0 Å². The number of phenols is 1. The number of carbonyl (C=O) groups excluding carboxylic acids is 2. The van der Waals surface area contributed by atoms with Gasteiger partial charge in [0.15, 0.2) is 0 Å². The number of aromatic hydroxyl groups is 1. The van der Waals surface area contributed by atoms with E-state index in [1.54, 1.807) is 36.4 Å². The van der Waals surface area contributed by atoms with Gasteiger partial charge in [-0.15, -0.1) is 0 Å². The lowest BCUT2D eigenvalue weighted by Crippen LogP contribution is -3.06. The van der Waals surface area contributed by atoms with Crippen molar-refractivity contribution in [2.24, 2.45) is 0 Å². The molecule has 1 amide bonds. The third-order valence-electron chi connectivity index (χ3n) is 5.20. The lowest BCUT2D eigenvalue weighted by Gasteiger charge is -2.25. The minimum atomic E-state index is -0.726. The van der Waals surface area contributed by atoms with Crippen LogP contribution in [0.4, 0.5) is 0 Å². The van der Waals surface area contributed by atoms with Crippen molar-refractivity contribution in [3.63, 3.8) is 0 Å². The first kappa shape index (κ1) is 22.4. The number of likely N-dealkylation sites (tertiary alicyclic amines) is 1. The molecule has 7 heteroatoms. The number of carbonyl (C=O) groups is 2. The average Bonchev–Trinajstić information content (AvgIpc) is 3.01. The Morgan fingerprint density at radius 2 is 1.71 bits per heavy atom. The number of quaternary nitrogens is 1. The highest BCUT2D eigenvalue weighted by Gasteiger charge is 2.46. The van der Waals surface area contributed by atoms with E-state index in [0.717, 1.165) is 11.3 Å². The smallest absolute Gasteiger partial charge is 0.295 e. The van der Waals surface area contributed by atoms with Crippen molar-refractivity contribution in [3.8, 4) is 11.5 Å². The molecule has 0 unspecified atom stereocenters. The second kappa shape index (κ2) is 9.66. The van der Waals surface area contributed by atoms with E-state index in [-0.39, 0.29) is 17.1 Å². The summed E-state index contributed by atoms with van der Waals surface area (Å²) in [5, 5.41) is 20.7. The molecule has 164 valence electrons. The maximum absolute atomic E-state index is 12.9. The number of ketones is 1. The highest BCUT2D eigenvalue weighted by Crippen LogP contribution is 2.39. The van der Waals surface area contributed by atoms with Crippen LogP contribution >= 0.6 is 0 Å². The number of ether oxygens (including phenoxy) is 1. The molecule has 0 aliphatic carbocycles. The van der Waals surface area contributed by atoms with Gasteiger partial charge in [-0.25, -0.2) is 0 Å². The Labute approximate surface area is 182 Å². The Bertz CT molecular complexity index is 964. The van der Waals surface area contributed by atoms with Crippen LogP contribution in [0.2, 0.25) is 0 Å². The maximum atomic E-state index is 12.9. The molecule has 1 atom stereocenters. The molecule has 1 fully saturated rings. The van der Waals surface area contributed by atoms with Crippen LogP contribution in [0.25, 0.3) is 5.76 Å². The first-order valence-electron chi connectivity index (χ1n) is 10.4. The minimum Gasteiger partial charge on any atom is -0.508 e. The van der Waals surface area contributed by atoms with Crippen molar-refractivity contribution in [2.75, 3.05) is 33.8 Å². The molecule has 2 aromatic carbocycles. The lowest BCUT2D eigenvalue weighted by atomic mass is 9.95. The van der Waals surface area contributed by atoms with Crippen molar-refractivity contribution in [3.05, 3.63) is 65.2 Å². The van der Waals surface area contributed by atoms with E-state index in [1.807, 2.05) is 21.0 Å². The van der Waals surface area contributed by atoms with Crippen LogP contribution in [0.3, 0.4) is 0 Å². The van der Waals surface area contributed by atoms with Crippen LogP contribution in [0.1, 0.15) is 30.5 Å². The van der Waals surface area contributed by atoms with E-state index in [1.165, 1.54) is 17.0 Å². The molecule has 0 radical (unpaired) electrons. The van der Waals surface area contributed by atoms with Crippen LogP contribution in [0.15, 0.2) is 54.1 Å². The Morgan fingerprint density at radius 1 is 1.06 bits per heavy atom. The maximum Gasteiger partial charge on any atom is 0.295 e. The number of likely N-dealkylation sites (N-methyl/N-ethyl adjacent to an activating group) is 1. The van der Waals surface area contributed by atoms with E-state index in [2.05, 4.69) is 0 Å². The molecule has 1 heterocycles. The molecule has 1 aliphatic heterocycles. The summed E-state index contributed by atoms with van der Waals surface area (Å²) in [6, 6.07) is 12.4. The molecule has 3 rings (SSSR count). The normalized spacial score (nSPS) is 18.1. The topological polar surface area (TPSA) is 91.5 Å². The van der Waals surface area contributed by atoms with Crippen molar-refractivity contribution >= 4 is 17.4 Å². The van der Waals surface area contributed by atoms with Crippen LogP contribution in [-0.4, -0.2) is 60.6 Å². The van der Waals surface area contributed by atoms with E-state index < -0.39 is 17.7 Å². The van der Waals surface area contributed by atoms with Gasteiger partial charge in [0.05, 0.1) is 45.4 Å². The Hall–Kier alpha value is -3.32. The Morgan fingerprint density at radius 3 is 2.29 bits per heavy atom. The third kappa shape index (κ3) is 4.88. The summed E-state index contributed by atoms with van der Waals surface area (Å²) in [5.74, 6) is -0.818. The number of nitrogens with one attached hydrogen (secondary N) is 1. The lowest BCUT2D eigenvalue weighted by molar-refractivity contribution is -0.857. The van der Waals surface area contributed by atoms with Crippen LogP contribution in [0, 0.1) is 0 Å². The highest BCUT2D eigenvalue weighted by atomic mass is 16.5. The van der Waals surface area contributed by atoms with Gasteiger partial charge in [-0.05, 0) is 48.4 Å². The zero-order chi connectivity index (χ0) is 22.5. The van der Waals surface area contributed by atoms with Gasteiger partial charge in [0.1, 0.15) is 17.3 Å². The van der Waals surface area contributed by atoms with Gasteiger partial charge in [-0.1, -0.05) is 19.1 Å². The molecule has 31 heavy (non-hydrogen) atoms. The number of aliphatic hydroxyl groups excluding tert-OH is 1. The fraction of sp³-hybridized carbons (Fsp3) is 0.333. The van der Waals surface area contributed by atoms with Crippen LogP contribution in [-0.2, 0) is 9.59 Å². The van der Waals surface area contributed by atoms with Crippen molar-refractivity contribution in [1.82, 2.24) is 4.90 Å². The summed E-state index contributed by atoms with van der Waals surface area (Å²) in [5.41, 5.74) is 1.13. The largest absolute Gasteiger partial charge is 0.508 e. The molecular weight excluding hydrogens is 396 g/mol. The van der Waals surface area contributed by atoms with Gasteiger partial charge < -0.3 is 24.7 Å². The van der Waals surface area contributed by atoms with Crippen LogP contribution < -0.4 is 9.64 Å². The van der Waals surface area contributed by atoms with Crippen molar-refractivity contribution < 1.29 is 29.4 Å². The molecule has 2 aromatic rings.